The van der Waals surface area contributed by atoms with Gasteiger partial charge in [-0.1, -0.05) is 118 Å². The van der Waals surface area contributed by atoms with Gasteiger partial charge in [0.05, 0.1) is 11.2 Å². The number of furan rings is 2. The maximum Gasteiger partial charge on any atom is 0.120 e. The van der Waals surface area contributed by atoms with Gasteiger partial charge in [0.2, 0.25) is 0 Å². The van der Waals surface area contributed by atoms with E-state index in [9.17, 15) is 0 Å². The normalized spacial score (nSPS) is 11.9. The minimum absolute atomic E-state index is 0. The summed E-state index contributed by atoms with van der Waals surface area (Å²) in [6, 6.07) is 48.7. The maximum absolute atomic E-state index is 8.87. The predicted octanol–water partition coefficient (Wildman–Crippen LogP) is 10.5. The molecule has 4 aromatic heterocycles. The van der Waals surface area contributed by atoms with Crippen LogP contribution in [0, 0.1) is 12.1 Å². The van der Waals surface area contributed by atoms with Crippen LogP contribution in [0.5, 0.6) is 0 Å². The number of para-hydroxylation sites is 2. The number of benzene rings is 5. The molecule has 5 aromatic carbocycles. The van der Waals surface area contributed by atoms with Crippen molar-refractivity contribution < 1.29 is 31.7 Å². The average Bonchev–Trinajstić information content (AvgIpc) is 3.72. The van der Waals surface area contributed by atoms with Gasteiger partial charge in [-0.25, -0.2) is 0 Å². The molecule has 0 spiro atoms. The summed E-state index contributed by atoms with van der Waals surface area (Å²) in [6.45, 7) is 0. The zero-order valence-corrected chi connectivity index (χ0v) is 26.8. The van der Waals surface area contributed by atoms with Crippen LogP contribution in [0.15, 0.2) is 155 Å². The Bertz CT molecular complexity index is 2500. The largest absolute Gasteiger partial charge is 0.501 e. The second kappa shape index (κ2) is 12.9. The van der Waals surface area contributed by atoms with Crippen molar-refractivity contribution in [2.45, 2.75) is 6.37 Å². The number of aromatic nitrogens is 2. The van der Waals surface area contributed by atoms with E-state index in [1.807, 2.05) is 109 Å². The van der Waals surface area contributed by atoms with Crippen LogP contribution in [-0.2, 0) is 26.5 Å². The van der Waals surface area contributed by atoms with E-state index in [4.69, 9.17) is 11.6 Å². The van der Waals surface area contributed by atoms with Crippen molar-refractivity contribution in [3.63, 3.8) is 0 Å². The summed E-state index contributed by atoms with van der Waals surface area (Å²) in [7, 11) is 0. The molecule has 5 heteroatoms. The third kappa shape index (κ3) is 5.52. The Morgan fingerprint density at radius 2 is 1.15 bits per heavy atom. The minimum atomic E-state index is -1.69. The predicted molar refractivity (Wildman–Crippen MR) is 181 cm³/mol. The van der Waals surface area contributed by atoms with Gasteiger partial charge in [0.15, 0.2) is 0 Å². The van der Waals surface area contributed by atoms with Crippen LogP contribution in [0.25, 0.3) is 66.4 Å². The van der Waals surface area contributed by atoms with Gasteiger partial charge in [-0.15, -0.1) is 35.9 Å². The second-order valence-corrected chi connectivity index (χ2v) is 10.5. The van der Waals surface area contributed by atoms with E-state index in [1.54, 1.807) is 30.6 Å². The molecule has 46 heavy (non-hydrogen) atoms. The molecule has 223 valence electrons. The van der Waals surface area contributed by atoms with E-state index >= 15 is 0 Å². The van der Waals surface area contributed by atoms with E-state index in [0.29, 0.717) is 16.7 Å². The van der Waals surface area contributed by atoms with Gasteiger partial charge in [-0.05, 0) is 42.0 Å². The van der Waals surface area contributed by atoms with Crippen molar-refractivity contribution in [3.05, 3.63) is 169 Å². The van der Waals surface area contributed by atoms with Crippen LogP contribution in [0.3, 0.4) is 0 Å². The van der Waals surface area contributed by atoms with E-state index in [2.05, 4.69) is 28.2 Å². The average molecular weight is 773 g/mol. The van der Waals surface area contributed by atoms with Crippen molar-refractivity contribution in [3.8, 4) is 22.5 Å². The molecule has 0 amide bonds. The quantitative estimate of drug-likeness (QED) is 0.167. The molecule has 9 rings (SSSR count). The molecule has 1 radical (unpaired) electrons. The van der Waals surface area contributed by atoms with Crippen molar-refractivity contribution in [1.82, 2.24) is 9.97 Å². The summed E-state index contributed by atoms with van der Waals surface area (Å²) in [5, 5.41) is 3.89. The van der Waals surface area contributed by atoms with E-state index in [0.717, 1.165) is 60.8 Å². The number of hydrogen-bond acceptors (Lipinski definition) is 4. The number of hydrogen-bond donors (Lipinski definition) is 0. The van der Waals surface area contributed by atoms with Crippen LogP contribution in [0.2, 0.25) is 0 Å². The monoisotopic (exact) mass is 773 g/mol. The summed E-state index contributed by atoms with van der Waals surface area (Å²) >= 11 is 0. The smallest absolute Gasteiger partial charge is 0.120 e. The van der Waals surface area contributed by atoms with Crippen LogP contribution >= 0.6 is 0 Å². The molecule has 0 atom stereocenters. The Labute approximate surface area is 282 Å². The van der Waals surface area contributed by atoms with Gasteiger partial charge < -0.3 is 18.8 Å². The second-order valence-electron chi connectivity index (χ2n) is 10.5. The molecule has 0 N–H and O–H groups in total. The summed E-state index contributed by atoms with van der Waals surface area (Å²) in [5.41, 5.74) is 7.49. The van der Waals surface area contributed by atoms with E-state index in [-0.39, 0.29) is 20.1 Å². The van der Waals surface area contributed by atoms with Gasteiger partial charge in [0, 0.05) is 46.0 Å². The van der Waals surface area contributed by atoms with Crippen molar-refractivity contribution in [2.24, 2.45) is 0 Å². The van der Waals surface area contributed by atoms with Gasteiger partial charge in [0.25, 0.3) is 0 Å². The molecule has 0 aliphatic rings. The molecule has 0 aliphatic heterocycles. The summed E-state index contributed by atoms with van der Waals surface area (Å²) in [6.07, 6.45) is 1.82. The first-order chi connectivity index (χ1) is 23.1. The third-order valence-corrected chi connectivity index (χ3v) is 7.69. The number of rotatable bonds is 4. The van der Waals surface area contributed by atoms with Crippen LogP contribution in [0.1, 0.15) is 13.9 Å². The molecular weight excluding hydrogens is 745 g/mol. The Hall–Kier alpha value is -5.35. The number of fused-ring (bicyclic) bond motifs is 6. The first kappa shape index (κ1) is 27.0. The Morgan fingerprint density at radius 1 is 0.565 bits per heavy atom. The van der Waals surface area contributed by atoms with Crippen molar-refractivity contribution in [2.75, 3.05) is 0 Å². The van der Waals surface area contributed by atoms with Gasteiger partial charge in [-0.2, -0.15) is 0 Å². The van der Waals surface area contributed by atoms with Gasteiger partial charge in [-0.3, -0.25) is 0 Å². The Kier molecular flexibility index (Phi) is 7.60. The van der Waals surface area contributed by atoms with E-state index < -0.39 is 6.37 Å². The summed E-state index contributed by atoms with van der Waals surface area (Å²) in [5.74, 6) is 0. The summed E-state index contributed by atoms with van der Waals surface area (Å²) in [4.78, 5) is 8.81. The first-order valence-corrected chi connectivity index (χ1v) is 14.7. The fourth-order valence-electron chi connectivity index (χ4n) is 5.64. The molecule has 0 saturated carbocycles. The fraction of sp³-hybridized carbons (Fsp3) is 0.0244. The molecule has 4 heterocycles. The van der Waals surface area contributed by atoms with Crippen molar-refractivity contribution >= 4 is 43.9 Å². The van der Waals surface area contributed by atoms with Gasteiger partial charge >= 0.3 is 0 Å². The molecule has 0 fully saturated rings. The fourth-order valence-corrected chi connectivity index (χ4v) is 5.64. The van der Waals surface area contributed by atoms with Crippen LogP contribution in [-0.4, -0.2) is 9.97 Å². The molecular formula is C41H26IrN2O2-2. The molecule has 0 bridgehead atoms. The standard InChI is InChI=1S/C24H16NO.C17H10NO.Ir/c1-2-8-17(9-3-1)16-18-13-14-19(21-11-6-7-15-25-21)24-23(18)20-10-4-5-12-22(20)26-24;1-2-10-16-12(6-1)13-7-5-8-14(17(13)19-16)15-9-3-4-11-18-15;/h1-13,15H,16H2;1-7,9-11H;/q2*-1;/i16D2;;. The maximum atomic E-state index is 8.87. The van der Waals surface area contributed by atoms with Crippen LogP contribution in [0.4, 0.5) is 0 Å². The molecule has 0 aliphatic carbocycles. The van der Waals surface area contributed by atoms with Crippen molar-refractivity contribution in [1.29, 1.82) is 0 Å². The topological polar surface area (TPSA) is 52.1 Å². The minimum Gasteiger partial charge on any atom is -0.501 e. The van der Waals surface area contributed by atoms with E-state index in [1.165, 1.54) is 0 Å². The first-order valence-electron chi connectivity index (χ1n) is 15.7. The van der Waals surface area contributed by atoms with Crippen LogP contribution < -0.4 is 0 Å². The number of nitrogens with zero attached hydrogens (tertiary/aromatic N) is 2. The number of pyridine rings is 2. The molecule has 0 unspecified atom stereocenters. The Balaban J connectivity index is 0.000000159. The molecule has 0 saturated heterocycles. The summed E-state index contributed by atoms with van der Waals surface area (Å²) < 4.78 is 29.9. The Morgan fingerprint density at radius 3 is 1.85 bits per heavy atom. The third-order valence-electron chi connectivity index (χ3n) is 7.69. The zero-order chi connectivity index (χ0) is 31.8. The molecule has 9 aromatic rings. The molecule has 4 nitrogen and oxygen atoms in total. The SMILES string of the molecule is [2H]C([2H])(c1ccccc1)c1c[c-]c(-c2ccccn2)c2oc3ccccc3c12.[Ir].[c-]1ccc2c(oc3ccccc32)c1-c1ccccn1. The van der Waals surface area contributed by atoms with Gasteiger partial charge in [0.1, 0.15) is 11.2 Å². The zero-order valence-electron chi connectivity index (χ0n) is 26.4.